The summed E-state index contributed by atoms with van der Waals surface area (Å²) in [5.41, 5.74) is 0.984. The highest BCUT2D eigenvalue weighted by molar-refractivity contribution is 5.86. The van der Waals surface area contributed by atoms with Crippen molar-refractivity contribution < 1.29 is 9.72 Å². The van der Waals surface area contributed by atoms with Crippen LogP contribution in [0, 0.1) is 16.0 Å². The zero-order valence-corrected chi connectivity index (χ0v) is 9.76. The van der Waals surface area contributed by atoms with Gasteiger partial charge in [-0.3, -0.25) is 14.9 Å². The lowest BCUT2D eigenvalue weighted by Crippen LogP contribution is -2.24. The summed E-state index contributed by atoms with van der Waals surface area (Å²) in [7, 11) is 0. The maximum absolute atomic E-state index is 11.9. The highest BCUT2D eigenvalue weighted by atomic mass is 16.6. The van der Waals surface area contributed by atoms with E-state index in [1.807, 2.05) is 0 Å². The number of non-ortho nitro benzene ring substituents is 1. The monoisotopic (exact) mass is 233 g/mol. The molecule has 0 heterocycles. The second kappa shape index (κ2) is 4.65. The van der Waals surface area contributed by atoms with Crippen LogP contribution in [-0.2, 0) is 4.79 Å². The number of carbonyl (C=O) groups excluding carboxylic acids is 1. The van der Waals surface area contributed by atoms with E-state index in [0.29, 0.717) is 12.3 Å². The number of rotatable bonds is 2. The molecule has 0 saturated heterocycles. The van der Waals surface area contributed by atoms with Gasteiger partial charge in [0.15, 0.2) is 0 Å². The molecule has 0 bridgehead atoms. The molecule has 90 valence electrons. The van der Waals surface area contributed by atoms with E-state index >= 15 is 0 Å². The van der Waals surface area contributed by atoms with E-state index in [0.717, 1.165) is 18.4 Å². The highest BCUT2D eigenvalue weighted by Gasteiger charge is 2.30. The summed E-state index contributed by atoms with van der Waals surface area (Å²) in [6, 6.07) is 6.37. The zero-order chi connectivity index (χ0) is 12.4. The largest absolute Gasteiger partial charge is 0.299 e. The molecular formula is C13H15NO3. The van der Waals surface area contributed by atoms with Gasteiger partial charge in [-0.15, -0.1) is 0 Å². The molecule has 1 aliphatic carbocycles. The maximum Gasteiger partial charge on any atom is 0.269 e. The molecule has 2 atom stereocenters. The van der Waals surface area contributed by atoms with Gasteiger partial charge in [-0.1, -0.05) is 19.1 Å². The Balaban J connectivity index is 2.26. The van der Waals surface area contributed by atoms with Gasteiger partial charge in [0.05, 0.1) is 4.92 Å². The first kappa shape index (κ1) is 11.8. The quantitative estimate of drug-likeness (QED) is 0.582. The number of carbonyl (C=O) groups is 1. The van der Waals surface area contributed by atoms with Crippen LogP contribution >= 0.6 is 0 Å². The second-order valence-electron chi connectivity index (χ2n) is 4.66. The summed E-state index contributed by atoms with van der Waals surface area (Å²) in [4.78, 5) is 22.0. The molecule has 0 unspecified atom stereocenters. The Morgan fingerprint density at radius 3 is 2.47 bits per heavy atom. The molecule has 0 aliphatic heterocycles. The van der Waals surface area contributed by atoms with Crippen molar-refractivity contribution in [3.05, 3.63) is 39.9 Å². The molecule has 2 rings (SSSR count). The number of nitrogens with zero attached hydrogens (tertiary/aromatic N) is 1. The summed E-state index contributed by atoms with van der Waals surface area (Å²) in [5, 5.41) is 10.6. The molecular weight excluding hydrogens is 218 g/mol. The Morgan fingerprint density at radius 1 is 1.29 bits per heavy atom. The lowest BCUT2D eigenvalue weighted by molar-refractivity contribution is -0.384. The Morgan fingerprint density at radius 2 is 1.94 bits per heavy atom. The molecule has 0 radical (unpaired) electrons. The molecule has 0 N–H and O–H groups in total. The van der Waals surface area contributed by atoms with Crippen molar-refractivity contribution in [3.63, 3.8) is 0 Å². The van der Waals surface area contributed by atoms with Crippen LogP contribution in [0.5, 0.6) is 0 Å². The summed E-state index contributed by atoms with van der Waals surface area (Å²) < 4.78 is 0. The summed E-state index contributed by atoms with van der Waals surface area (Å²) >= 11 is 0. The Labute approximate surface area is 99.8 Å². The van der Waals surface area contributed by atoms with Crippen LogP contribution in [0.4, 0.5) is 5.69 Å². The van der Waals surface area contributed by atoms with Crippen LogP contribution in [0.25, 0.3) is 0 Å². The van der Waals surface area contributed by atoms with Crippen molar-refractivity contribution in [1.29, 1.82) is 0 Å². The van der Waals surface area contributed by atoms with Gasteiger partial charge in [0, 0.05) is 24.5 Å². The lowest BCUT2D eigenvalue weighted by atomic mass is 9.75. The van der Waals surface area contributed by atoms with Crippen molar-refractivity contribution in [2.45, 2.75) is 32.1 Å². The van der Waals surface area contributed by atoms with Crippen LogP contribution < -0.4 is 0 Å². The second-order valence-corrected chi connectivity index (χ2v) is 4.66. The molecule has 0 aromatic heterocycles. The van der Waals surface area contributed by atoms with Crippen molar-refractivity contribution >= 4 is 11.5 Å². The lowest BCUT2D eigenvalue weighted by Gasteiger charge is -2.27. The van der Waals surface area contributed by atoms with Gasteiger partial charge in [0.2, 0.25) is 0 Å². The average Bonchev–Trinajstić information content (AvgIpc) is 2.29. The Hall–Kier alpha value is -1.71. The van der Waals surface area contributed by atoms with E-state index in [-0.39, 0.29) is 17.4 Å². The molecule has 1 saturated carbocycles. The smallest absolute Gasteiger partial charge is 0.269 e. The van der Waals surface area contributed by atoms with E-state index in [1.165, 1.54) is 12.1 Å². The summed E-state index contributed by atoms with van der Waals surface area (Å²) in [5.74, 6) is 0.514. The topological polar surface area (TPSA) is 60.2 Å². The third-order valence-electron chi connectivity index (χ3n) is 3.46. The first-order valence-corrected chi connectivity index (χ1v) is 5.86. The van der Waals surface area contributed by atoms with Crippen molar-refractivity contribution in [2.24, 2.45) is 5.92 Å². The summed E-state index contributed by atoms with van der Waals surface area (Å²) in [6.45, 7) is 2.07. The van der Waals surface area contributed by atoms with E-state index in [9.17, 15) is 14.9 Å². The molecule has 1 aromatic carbocycles. The number of Topliss-reactive ketones (excluding diaryl/α,β-unsaturated/α-hetero) is 1. The van der Waals surface area contributed by atoms with Crippen LogP contribution in [0.15, 0.2) is 24.3 Å². The SMILES string of the molecule is C[C@H]1CCCC(=O)[C@@H]1c1ccc([N+](=O)[O-])cc1. The van der Waals surface area contributed by atoms with E-state index < -0.39 is 4.92 Å². The van der Waals surface area contributed by atoms with Gasteiger partial charge in [-0.2, -0.15) is 0 Å². The summed E-state index contributed by atoms with van der Waals surface area (Å²) in [6.07, 6.45) is 2.64. The molecule has 1 aliphatic rings. The molecule has 1 fully saturated rings. The number of ketones is 1. The van der Waals surface area contributed by atoms with Gasteiger partial charge in [-0.25, -0.2) is 0 Å². The van der Waals surface area contributed by atoms with E-state index in [4.69, 9.17) is 0 Å². The minimum atomic E-state index is -0.421. The fourth-order valence-corrected chi connectivity index (χ4v) is 2.56. The molecule has 0 spiro atoms. The number of nitro groups is 1. The predicted molar refractivity (Wildman–Crippen MR) is 63.9 cm³/mol. The van der Waals surface area contributed by atoms with Gasteiger partial charge >= 0.3 is 0 Å². The van der Waals surface area contributed by atoms with Gasteiger partial charge in [0.25, 0.3) is 5.69 Å². The molecule has 1 aromatic rings. The normalized spacial score (nSPS) is 24.6. The van der Waals surface area contributed by atoms with E-state index in [2.05, 4.69) is 6.92 Å². The third kappa shape index (κ3) is 2.35. The maximum atomic E-state index is 11.9. The minimum Gasteiger partial charge on any atom is -0.299 e. The first-order valence-electron chi connectivity index (χ1n) is 5.86. The number of benzene rings is 1. The minimum absolute atomic E-state index is 0.0738. The number of nitro benzene ring substituents is 1. The molecule has 4 nitrogen and oxygen atoms in total. The van der Waals surface area contributed by atoms with Crippen LogP contribution in [-0.4, -0.2) is 10.7 Å². The Kier molecular flexibility index (Phi) is 3.22. The van der Waals surface area contributed by atoms with Crippen LogP contribution in [0.2, 0.25) is 0 Å². The molecule has 4 heteroatoms. The van der Waals surface area contributed by atoms with Gasteiger partial charge in [-0.05, 0) is 24.3 Å². The predicted octanol–water partition coefficient (Wildman–Crippen LogP) is 3.07. The Bertz CT molecular complexity index is 438. The average molecular weight is 233 g/mol. The highest BCUT2D eigenvalue weighted by Crippen LogP contribution is 2.35. The van der Waals surface area contributed by atoms with Crippen molar-refractivity contribution in [3.8, 4) is 0 Å². The van der Waals surface area contributed by atoms with Gasteiger partial charge in [0.1, 0.15) is 5.78 Å². The fourth-order valence-electron chi connectivity index (χ4n) is 2.56. The van der Waals surface area contributed by atoms with E-state index in [1.54, 1.807) is 12.1 Å². The van der Waals surface area contributed by atoms with Crippen LogP contribution in [0.3, 0.4) is 0 Å². The standard InChI is InChI=1S/C13H15NO3/c1-9-3-2-4-12(15)13(9)10-5-7-11(8-6-10)14(16)17/h5-9,13H,2-4H2,1H3/t9-,13-/m0/s1. The number of hydrogen-bond donors (Lipinski definition) is 0. The number of hydrogen-bond acceptors (Lipinski definition) is 3. The zero-order valence-electron chi connectivity index (χ0n) is 9.76. The third-order valence-corrected chi connectivity index (χ3v) is 3.46. The van der Waals surface area contributed by atoms with Crippen molar-refractivity contribution in [1.82, 2.24) is 0 Å². The van der Waals surface area contributed by atoms with Crippen LogP contribution in [0.1, 0.15) is 37.7 Å². The van der Waals surface area contributed by atoms with Gasteiger partial charge < -0.3 is 0 Å². The molecule has 0 amide bonds. The fraction of sp³-hybridized carbons (Fsp3) is 0.462. The first-order chi connectivity index (χ1) is 8.09. The van der Waals surface area contributed by atoms with Crippen molar-refractivity contribution in [2.75, 3.05) is 0 Å². The molecule has 17 heavy (non-hydrogen) atoms.